The van der Waals surface area contributed by atoms with E-state index in [1.54, 1.807) is 36.5 Å². The third-order valence-electron chi connectivity index (χ3n) is 11.1. The molecule has 1 aromatic rings. The van der Waals surface area contributed by atoms with Crippen molar-refractivity contribution in [3.63, 3.8) is 0 Å². The van der Waals surface area contributed by atoms with Crippen LogP contribution in [0.4, 0.5) is 5.82 Å². The van der Waals surface area contributed by atoms with E-state index in [0.29, 0.717) is 19.3 Å². The van der Waals surface area contributed by atoms with Gasteiger partial charge in [-0.25, -0.2) is 13.9 Å². The fourth-order valence-electron chi connectivity index (χ4n) is 6.92. The van der Waals surface area contributed by atoms with Gasteiger partial charge in [-0.15, -0.1) is 0 Å². The molecular weight excluding hydrogens is 1020 g/mol. The third-order valence-corrected chi connectivity index (χ3v) is 13.7. The second-order valence-corrected chi connectivity index (χ2v) is 20.8. The maximum atomic E-state index is 12.9. The Labute approximate surface area is 447 Å². The number of phosphoric ester groups is 2. The number of unbranched alkanes of at least 4 members (excludes halogenated alkanes) is 5. The van der Waals surface area contributed by atoms with Gasteiger partial charge >= 0.3 is 33.3 Å². The van der Waals surface area contributed by atoms with Crippen LogP contribution in [0.5, 0.6) is 0 Å². The van der Waals surface area contributed by atoms with E-state index in [-0.39, 0.29) is 31.5 Å². The summed E-state index contributed by atoms with van der Waals surface area (Å²) in [5.41, 5.74) is 4.56. The lowest BCUT2D eigenvalue weighted by molar-refractivity contribution is -0.161. The molecule has 22 heteroatoms. The smallest absolute Gasteiger partial charge is 0.462 e. The molecule has 2 unspecified atom stereocenters. The molecule has 1 saturated heterocycles. The largest absolute Gasteiger partial charge is 0.481 e. The first-order valence-corrected chi connectivity index (χ1v) is 29.1. The lowest BCUT2D eigenvalue weighted by Crippen LogP contribution is -2.36. The Morgan fingerprint density at radius 2 is 1.24 bits per heavy atom. The number of aromatic nitrogens is 2. The van der Waals surface area contributed by atoms with E-state index in [0.717, 1.165) is 62.1 Å². The van der Waals surface area contributed by atoms with Gasteiger partial charge in [0, 0.05) is 19.0 Å². The first-order chi connectivity index (χ1) is 36.5. The quantitative estimate of drug-likeness (QED) is 0.0106. The summed E-state index contributed by atoms with van der Waals surface area (Å²) in [5.74, 6) is -1.65. The van der Waals surface area contributed by atoms with Crippen molar-refractivity contribution in [2.45, 2.75) is 172 Å². The van der Waals surface area contributed by atoms with E-state index in [1.165, 1.54) is 25.3 Å². The fraction of sp³-hybridized carbons (Fsp3) is 0.556. The number of esters is 2. The highest BCUT2D eigenvalue weighted by molar-refractivity contribution is 7.61. The Morgan fingerprint density at radius 1 is 0.697 bits per heavy atom. The van der Waals surface area contributed by atoms with Gasteiger partial charge in [-0.05, 0) is 76.7 Å². The first kappa shape index (κ1) is 67.4. The molecule has 0 aliphatic carbocycles. The minimum absolute atomic E-state index is 0.0526. The van der Waals surface area contributed by atoms with Gasteiger partial charge in [0.2, 0.25) is 0 Å². The summed E-state index contributed by atoms with van der Waals surface area (Å²) in [6.45, 7) is 1.72. The number of allylic oxidation sites excluding steroid dienone is 16. The van der Waals surface area contributed by atoms with Crippen LogP contribution in [-0.2, 0) is 46.3 Å². The molecule has 0 radical (unpaired) electrons. The predicted molar refractivity (Wildman–Crippen MR) is 291 cm³/mol. The van der Waals surface area contributed by atoms with E-state index >= 15 is 0 Å². The van der Waals surface area contributed by atoms with Gasteiger partial charge in [0.25, 0.3) is 0 Å². The van der Waals surface area contributed by atoms with E-state index in [4.69, 9.17) is 29.0 Å². The number of nitrogen functional groups attached to an aromatic ring is 1. The number of rotatable bonds is 41. The van der Waals surface area contributed by atoms with Gasteiger partial charge < -0.3 is 50.2 Å². The SMILES string of the molecule is CCCCC/C=C\C/C=C\C/C=C\C/C=C\C/C=C\CCC(=O)OC[C@H](COP(=O)(O)OP(=O)(O)OC[C@H]1O[C@@H](n2ccc(N)nc2=O)[C@H](O)[C@@H]1O)OC(=O)CCC[C@H](O)/C=C/C=C\C/C=C\C=C\[C@H](O)CCCCC. The Hall–Kier alpha value is -4.66. The molecule has 426 valence electrons. The van der Waals surface area contributed by atoms with Crippen molar-refractivity contribution in [2.24, 2.45) is 0 Å². The van der Waals surface area contributed by atoms with Gasteiger partial charge in [0.15, 0.2) is 12.3 Å². The van der Waals surface area contributed by atoms with E-state index < -0.39 is 95.9 Å². The van der Waals surface area contributed by atoms with Crippen LogP contribution in [0.25, 0.3) is 0 Å². The Balaban J connectivity index is 1.90. The van der Waals surface area contributed by atoms with E-state index in [1.807, 2.05) is 36.5 Å². The molecule has 1 fully saturated rings. The van der Waals surface area contributed by atoms with Crippen molar-refractivity contribution < 1.29 is 76.5 Å². The summed E-state index contributed by atoms with van der Waals surface area (Å²) in [7, 11) is -11.0. The number of nitrogens with two attached hydrogens (primary N) is 1. The molecule has 8 N–H and O–H groups in total. The number of aliphatic hydroxyl groups excluding tert-OH is 4. The van der Waals surface area contributed by atoms with Crippen LogP contribution in [0.15, 0.2) is 126 Å². The highest BCUT2D eigenvalue weighted by atomic mass is 31.3. The molecule has 0 amide bonds. The fourth-order valence-corrected chi connectivity index (χ4v) is 9.03. The number of nitrogens with zero attached hydrogens (tertiary/aromatic N) is 2. The molecule has 0 aromatic carbocycles. The van der Waals surface area contributed by atoms with Crippen molar-refractivity contribution in [2.75, 3.05) is 25.6 Å². The highest BCUT2D eigenvalue weighted by Gasteiger charge is 2.46. The van der Waals surface area contributed by atoms with Crippen LogP contribution in [0.3, 0.4) is 0 Å². The molecule has 1 aliphatic heterocycles. The van der Waals surface area contributed by atoms with Crippen LogP contribution in [0.2, 0.25) is 0 Å². The summed E-state index contributed by atoms with van der Waals surface area (Å²) in [6.07, 6.45) is 39.6. The first-order valence-electron chi connectivity index (χ1n) is 26.1. The minimum atomic E-state index is -5.51. The number of carbonyl (C=O) groups is 2. The van der Waals surface area contributed by atoms with Gasteiger partial charge in [0.05, 0.1) is 25.4 Å². The van der Waals surface area contributed by atoms with Crippen molar-refractivity contribution in [1.29, 1.82) is 0 Å². The van der Waals surface area contributed by atoms with Gasteiger partial charge in [0.1, 0.15) is 30.7 Å². The predicted octanol–water partition coefficient (Wildman–Crippen LogP) is 8.94. The number of carbonyl (C=O) groups excluding carboxylic acids is 2. The number of hydrogen-bond acceptors (Lipinski definition) is 17. The van der Waals surface area contributed by atoms with Gasteiger partial charge in [-0.1, -0.05) is 155 Å². The lowest BCUT2D eigenvalue weighted by atomic mass is 10.1. The molecular formula is C54H83N3O17P2. The van der Waals surface area contributed by atoms with Crippen molar-refractivity contribution >= 4 is 33.4 Å². The summed E-state index contributed by atoms with van der Waals surface area (Å²) >= 11 is 0. The molecule has 1 aromatic heterocycles. The molecule has 0 saturated carbocycles. The number of aliphatic hydroxyl groups is 4. The second-order valence-electron chi connectivity index (χ2n) is 17.7. The topological polar surface area (TPSA) is 306 Å². The molecule has 9 atom stereocenters. The summed E-state index contributed by atoms with van der Waals surface area (Å²) in [5, 5.41) is 41.3. The minimum Gasteiger partial charge on any atom is -0.462 e. The Morgan fingerprint density at radius 3 is 1.83 bits per heavy atom. The van der Waals surface area contributed by atoms with E-state index in [2.05, 4.69) is 59.6 Å². The number of phosphoric acid groups is 2. The van der Waals surface area contributed by atoms with Crippen LogP contribution in [0, 0.1) is 0 Å². The number of ether oxygens (including phenoxy) is 3. The van der Waals surface area contributed by atoms with Crippen molar-refractivity contribution in [3.05, 3.63) is 132 Å². The molecule has 2 rings (SSSR count). The summed E-state index contributed by atoms with van der Waals surface area (Å²) < 4.78 is 56.5. The average molecular weight is 1110 g/mol. The Bertz CT molecular complexity index is 2240. The summed E-state index contributed by atoms with van der Waals surface area (Å²) in [4.78, 5) is 61.9. The molecule has 1 aliphatic rings. The standard InChI is InChI=1S/C54H83N3O17P2/c1-3-5-7-8-9-10-11-12-13-14-15-16-17-18-19-20-24-27-31-37-49(60)69-41-46(72-50(61)38-32-36-45(59)35-30-26-23-21-22-25-29-34-44(58)33-28-6-4-2)42-70-75(65,66)74-76(67,68)71-43-47-51(62)52(63)53(73-47)57-40-39-48(55)56-54(57)64/h9-10,12-13,15-16,18-19,22-27,29-30,34-35,39-40,44-47,51-53,58-59,62-63H,3-8,11,14,17,20-21,28,31-33,36-38,41-43H2,1-2H3,(H,65,66)(H,67,68)(H2,55,56,64)/b10-9-,13-12-,16-15-,19-18-,25-22-,26-23-,27-24-,34-29+,35-30+/t44-,45-,46-,47-,51-,52-,53-/m1/s1. The van der Waals surface area contributed by atoms with Crippen LogP contribution >= 0.6 is 15.6 Å². The zero-order chi connectivity index (χ0) is 55.9. The lowest BCUT2D eigenvalue weighted by Gasteiger charge is -2.21. The molecule has 20 nitrogen and oxygen atoms in total. The monoisotopic (exact) mass is 1110 g/mol. The zero-order valence-electron chi connectivity index (χ0n) is 44.0. The number of anilines is 1. The van der Waals surface area contributed by atoms with Gasteiger partial charge in [-0.2, -0.15) is 9.29 Å². The third kappa shape index (κ3) is 32.8. The Kier molecular flexibility index (Phi) is 36.0. The van der Waals surface area contributed by atoms with E-state index in [9.17, 15) is 53.7 Å². The normalized spacial score (nSPS) is 20.4. The molecule has 0 spiro atoms. The second kappa shape index (κ2) is 40.5. The maximum Gasteiger partial charge on any atom is 0.481 e. The van der Waals surface area contributed by atoms with Gasteiger partial charge in [-0.3, -0.25) is 23.2 Å². The van der Waals surface area contributed by atoms with Crippen LogP contribution in [0.1, 0.15) is 136 Å². The van der Waals surface area contributed by atoms with Crippen LogP contribution in [-0.4, -0.2) is 108 Å². The van der Waals surface area contributed by atoms with Crippen molar-refractivity contribution in [3.8, 4) is 0 Å². The maximum absolute atomic E-state index is 12.9. The number of hydrogen-bond donors (Lipinski definition) is 7. The molecule has 0 bridgehead atoms. The molecule has 2 heterocycles. The molecule has 76 heavy (non-hydrogen) atoms. The highest BCUT2D eigenvalue weighted by Crippen LogP contribution is 2.60. The van der Waals surface area contributed by atoms with Crippen LogP contribution < -0.4 is 11.4 Å². The average Bonchev–Trinajstić information content (AvgIpc) is 3.65. The zero-order valence-corrected chi connectivity index (χ0v) is 45.8. The van der Waals surface area contributed by atoms with Crippen molar-refractivity contribution in [1.82, 2.24) is 9.55 Å². The summed E-state index contributed by atoms with van der Waals surface area (Å²) in [6, 6.07) is 1.23.